The zero-order valence-electron chi connectivity index (χ0n) is 12.6. The molecule has 118 valence electrons. The zero-order valence-corrected chi connectivity index (χ0v) is 13.4. The van der Waals surface area contributed by atoms with E-state index in [1.165, 1.54) is 47.3 Å². The molecule has 0 unspecified atom stereocenters. The predicted molar refractivity (Wildman–Crippen MR) is 76.0 cm³/mol. The van der Waals surface area contributed by atoms with Crippen LogP contribution in [0.5, 0.6) is 11.5 Å². The first-order chi connectivity index (χ1) is 9.67. The lowest BCUT2D eigenvalue weighted by molar-refractivity contribution is -0.146. The molecule has 0 saturated heterocycles. The van der Waals surface area contributed by atoms with E-state index in [1.807, 2.05) is 0 Å². The topological polar surface area (TPSA) is 90.9 Å². The van der Waals surface area contributed by atoms with Gasteiger partial charge in [-0.25, -0.2) is 8.42 Å². The van der Waals surface area contributed by atoms with E-state index in [0.717, 1.165) is 0 Å². The minimum Gasteiger partial charge on any atom is -0.497 e. The Morgan fingerprint density at radius 3 is 2.24 bits per heavy atom. The Labute approximate surface area is 124 Å². The first-order valence-corrected chi connectivity index (χ1v) is 7.50. The second-order valence-electron chi connectivity index (χ2n) is 4.74. The number of methoxy groups -OCH3 is 3. The fraction of sp³-hybridized carbons (Fsp3) is 0.462. The number of hydrogen-bond donors (Lipinski definition) is 1. The highest BCUT2D eigenvalue weighted by molar-refractivity contribution is 7.89. The zero-order chi connectivity index (χ0) is 16.3. The first kappa shape index (κ1) is 17.3. The lowest BCUT2D eigenvalue weighted by Crippen LogP contribution is -2.50. The highest BCUT2D eigenvalue weighted by Crippen LogP contribution is 2.29. The molecule has 0 aliphatic rings. The molecule has 7 nitrogen and oxygen atoms in total. The third-order valence-electron chi connectivity index (χ3n) is 2.75. The van der Waals surface area contributed by atoms with Crippen molar-refractivity contribution in [3.63, 3.8) is 0 Å². The Balaban J connectivity index is 3.28. The maximum absolute atomic E-state index is 12.5. The standard InChI is InChI=1S/C13H19NO6S/c1-13(2,12(15)20-5)14-21(16,17)11-8-9(18-3)6-7-10(11)19-4/h6-8,14H,1-5H3. The second kappa shape index (κ2) is 6.31. The largest absolute Gasteiger partial charge is 0.497 e. The molecular weight excluding hydrogens is 298 g/mol. The van der Waals surface area contributed by atoms with Crippen LogP contribution >= 0.6 is 0 Å². The molecule has 0 aliphatic carbocycles. The lowest BCUT2D eigenvalue weighted by Gasteiger charge is -2.23. The number of esters is 1. The number of benzene rings is 1. The van der Waals surface area contributed by atoms with Crippen molar-refractivity contribution in [3.8, 4) is 11.5 Å². The van der Waals surface area contributed by atoms with Crippen molar-refractivity contribution in [2.45, 2.75) is 24.3 Å². The molecule has 1 N–H and O–H groups in total. The molecule has 1 aromatic rings. The van der Waals surface area contributed by atoms with Crippen molar-refractivity contribution in [3.05, 3.63) is 18.2 Å². The van der Waals surface area contributed by atoms with E-state index in [2.05, 4.69) is 9.46 Å². The van der Waals surface area contributed by atoms with Crippen LogP contribution in [0.25, 0.3) is 0 Å². The van der Waals surface area contributed by atoms with Gasteiger partial charge in [0, 0.05) is 6.07 Å². The number of carbonyl (C=O) groups excluding carboxylic acids is 1. The molecule has 0 amide bonds. The highest BCUT2D eigenvalue weighted by Gasteiger charge is 2.35. The maximum Gasteiger partial charge on any atom is 0.326 e. The Morgan fingerprint density at radius 1 is 1.14 bits per heavy atom. The van der Waals surface area contributed by atoms with Crippen LogP contribution in [0.2, 0.25) is 0 Å². The molecule has 0 radical (unpaired) electrons. The van der Waals surface area contributed by atoms with Gasteiger partial charge in [-0.05, 0) is 26.0 Å². The summed E-state index contributed by atoms with van der Waals surface area (Å²) >= 11 is 0. The van der Waals surface area contributed by atoms with Gasteiger partial charge in [-0.3, -0.25) is 4.79 Å². The van der Waals surface area contributed by atoms with Crippen molar-refractivity contribution in [2.75, 3.05) is 21.3 Å². The Morgan fingerprint density at radius 2 is 1.76 bits per heavy atom. The van der Waals surface area contributed by atoms with E-state index in [1.54, 1.807) is 6.07 Å². The van der Waals surface area contributed by atoms with E-state index >= 15 is 0 Å². The number of sulfonamides is 1. The summed E-state index contributed by atoms with van der Waals surface area (Å²) < 4.78 is 41.8. The predicted octanol–water partition coefficient (Wildman–Crippen LogP) is 0.934. The van der Waals surface area contributed by atoms with Gasteiger partial charge in [0.1, 0.15) is 21.9 Å². The fourth-order valence-corrected chi connectivity index (χ4v) is 3.23. The van der Waals surface area contributed by atoms with Crippen molar-refractivity contribution in [2.24, 2.45) is 0 Å². The van der Waals surface area contributed by atoms with Gasteiger partial charge in [-0.15, -0.1) is 0 Å². The summed E-state index contributed by atoms with van der Waals surface area (Å²) in [7, 11) is -0.0451. The molecule has 0 atom stereocenters. The number of rotatable bonds is 6. The molecule has 8 heteroatoms. The molecule has 0 spiro atoms. The van der Waals surface area contributed by atoms with Crippen LogP contribution in [-0.4, -0.2) is 41.3 Å². The lowest BCUT2D eigenvalue weighted by atomic mass is 10.1. The highest BCUT2D eigenvalue weighted by atomic mass is 32.2. The van der Waals surface area contributed by atoms with E-state index < -0.39 is 21.5 Å². The number of nitrogens with one attached hydrogen (secondary N) is 1. The van der Waals surface area contributed by atoms with Crippen molar-refractivity contribution >= 4 is 16.0 Å². The minimum absolute atomic E-state index is 0.124. The monoisotopic (exact) mass is 317 g/mol. The van der Waals surface area contributed by atoms with Crippen LogP contribution in [0, 0.1) is 0 Å². The molecule has 0 heterocycles. The Kier molecular flexibility index (Phi) is 5.19. The third-order valence-corrected chi connectivity index (χ3v) is 4.42. The molecule has 0 fully saturated rings. The van der Waals surface area contributed by atoms with Crippen LogP contribution in [0.4, 0.5) is 0 Å². The molecule has 1 rings (SSSR count). The summed E-state index contributed by atoms with van der Waals surface area (Å²) in [5.74, 6) is -0.205. The van der Waals surface area contributed by atoms with Gasteiger partial charge >= 0.3 is 5.97 Å². The molecule has 0 bridgehead atoms. The quantitative estimate of drug-likeness (QED) is 0.785. The van der Waals surface area contributed by atoms with Gasteiger partial charge in [0.15, 0.2) is 0 Å². The van der Waals surface area contributed by atoms with Gasteiger partial charge in [0.2, 0.25) is 10.0 Å². The smallest absolute Gasteiger partial charge is 0.326 e. The summed E-state index contributed by atoms with van der Waals surface area (Å²) in [5, 5.41) is 0. The van der Waals surface area contributed by atoms with Crippen molar-refractivity contribution in [1.82, 2.24) is 4.72 Å². The number of ether oxygens (including phenoxy) is 3. The molecule has 0 saturated carbocycles. The molecular formula is C13H19NO6S. The third kappa shape index (κ3) is 3.85. The Hall–Kier alpha value is -1.80. The maximum atomic E-state index is 12.5. The average molecular weight is 317 g/mol. The molecule has 21 heavy (non-hydrogen) atoms. The summed E-state index contributed by atoms with van der Waals surface area (Å²) in [6.07, 6.45) is 0. The van der Waals surface area contributed by atoms with E-state index in [9.17, 15) is 13.2 Å². The van der Waals surface area contributed by atoms with Crippen LogP contribution in [0.3, 0.4) is 0 Å². The van der Waals surface area contributed by atoms with Gasteiger partial charge in [-0.1, -0.05) is 0 Å². The van der Waals surface area contributed by atoms with Crippen molar-refractivity contribution in [1.29, 1.82) is 0 Å². The van der Waals surface area contributed by atoms with Gasteiger partial charge < -0.3 is 14.2 Å². The summed E-state index contributed by atoms with van der Waals surface area (Å²) in [5.41, 5.74) is -1.42. The van der Waals surface area contributed by atoms with E-state index in [4.69, 9.17) is 9.47 Å². The first-order valence-electron chi connectivity index (χ1n) is 6.02. The van der Waals surface area contributed by atoms with Crippen LogP contribution in [0.15, 0.2) is 23.1 Å². The second-order valence-corrected chi connectivity index (χ2v) is 6.39. The summed E-state index contributed by atoms with van der Waals surface area (Å²) in [6, 6.07) is 4.36. The average Bonchev–Trinajstić information content (AvgIpc) is 2.44. The summed E-state index contributed by atoms with van der Waals surface area (Å²) in [4.78, 5) is 11.5. The SMILES string of the molecule is COC(=O)C(C)(C)NS(=O)(=O)c1cc(OC)ccc1OC. The van der Waals surface area contributed by atoms with Gasteiger partial charge in [-0.2, -0.15) is 4.72 Å². The van der Waals surface area contributed by atoms with Crippen molar-refractivity contribution < 1.29 is 27.4 Å². The normalized spacial score (nSPS) is 11.9. The molecule has 1 aromatic carbocycles. The fourth-order valence-electron chi connectivity index (χ4n) is 1.68. The molecule has 0 aliphatic heterocycles. The van der Waals surface area contributed by atoms with Gasteiger partial charge in [0.05, 0.1) is 21.3 Å². The number of carbonyl (C=O) groups is 1. The Bertz CT molecular complexity index is 624. The van der Waals surface area contributed by atoms with E-state index in [-0.39, 0.29) is 10.6 Å². The summed E-state index contributed by atoms with van der Waals surface area (Å²) in [6.45, 7) is 2.81. The minimum atomic E-state index is -4.00. The van der Waals surface area contributed by atoms with E-state index in [0.29, 0.717) is 5.75 Å². The van der Waals surface area contributed by atoms with Crippen LogP contribution < -0.4 is 14.2 Å². The van der Waals surface area contributed by atoms with Gasteiger partial charge in [0.25, 0.3) is 0 Å². The molecule has 0 aromatic heterocycles. The van der Waals surface area contributed by atoms with Crippen LogP contribution in [0.1, 0.15) is 13.8 Å². The number of hydrogen-bond acceptors (Lipinski definition) is 6. The van der Waals surface area contributed by atoms with Crippen LogP contribution in [-0.2, 0) is 19.6 Å².